The average molecular weight is 412 g/mol. The SMILES string of the molecule is C[C@]1(c2ccc3c(c2)OCCO3)NC(=O)N(CC(=O)NC2(C#N)CCCCC2)C1=O. The quantitative estimate of drug-likeness (QED) is 0.724. The van der Waals surface area contributed by atoms with Gasteiger partial charge < -0.3 is 20.1 Å². The number of hydrogen-bond donors (Lipinski definition) is 2. The van der Waals surface area contributed by atoms with Crippen LogP contribution in [0.15, 0.2) is 18.2 Å². The summed E-state index contributed by atoms with van der Waals surface area (Å²) in [6.45, 7) is 2.01. The van der Waals surface area contributed by atoms with Gasteiger partial charge in [0.25, 0.3) is 5.91 Å². The minimum Gasteiger partial charge on any atom is -0.486 e. The summed E-state index contributed by atoms with van der Waals surface area (Å²) >= 11 is 0. The van der Waals surface area contributed by atoms with Crippen molar-refractivity contribution in [2.24, 2.45) is 0 Å². The van der Waals surface area contributed by atoms with Crippen LogP contribution < -0.4 is 20.1 Å². The number of fused-ring (bicyclic) bond motifs is 1. The van der Waals surface area contributed by atoms with Crippen molar-refractivity contribution in [3.8, 4) is 17.6 Å². The minimum atomic E-state index is -1.33. The lowest BCUT2D eigenvalue weighted by molar-refractivity contribution is -0.135. The minimum absolute atomic E-state index is 0.403. The van der Waals surface area contributed by atoms with E-state index >= 15 is 0 Å². The molecule has 158 valence electrons. The fourth-order valence-corrected chi connectivity index (χ4v) is 4.26. The summed E-state index contributed by atoms with van der Waals surface area (Å²) in [7, 11) is 0. The highest BCUT2D eigenvalue weighted by molar-refractivity contribution is 6.09. The maximum atomic E-state index is 13.1. The van der Waals surface area contributed by atoms with Crippen molar-refractivity contribution < 1.29 is 23.9 Å². The average Bonchev–Trinajstić information content (AvgIpc) is 2.98. The smallest absolute Gasteiger partial charge is 0.325 e. The highest BCUT2D eigenvalue weighted by atomic mass is 16.6. The lowest BCUT2D eigenvalue weighted by Gasteiger charge is -2.32. The summed E-state index contributed by atoms with van der Waals surface area (Å²) in [6, 6.07) is 6.62. The van der Waals surface area contributed by atoms with Crippen LogP contribution in [0.3, 0.4) is 0 Å². The molecule has 2 heterocycles. The molecular weight excluding hydrogens is 388 g/mol. The summed E-state index contributed by atoms with van der Waals surface area (Å²) in [5, 5.41) is 15.0. The Morgan fingerprint density at radius 2 is 1.90 bits per heavy atom. The van der Waals surface area contributed by atoms with Gasteiger partial charge >= 0.3 is 6.03 Å². The van der Waals surface area contributed by atoms with Gasteiger partial charge in [0.05, 0.1) is 6.07 Å². The van der Waals surface area contributed by atoms with Gasteiger partial charge in [0, 0.05) is 0 Å². The Morgan fingerprint density at radius 3 is 2.60 bits per heavy atom. The summed E-state index contributed by atoms with van der Waals surface area (Å²) < 4.78 is 11.1. The fraction of sp³-hybridized carbons (Fsp3) is 0.524. The number of rotatable bonds is 4. The summed E-state index contributed by atoms with van der Waals surface area (Å²) in [6.07, 6.45) is 3.90. The number of nitriles is 1. The molecule has 1 aromatic carbocycles. The number of ether oxygens (including phenoxy) is 2. The lowest BCUT2D eigenvalue weighted by atomic mass is 9.83. The second kappa shape index (κ2) is 7.52. The van der Waals surface area contributed by atoms with E-state index in [9.17, 15) is 19.6 Å². The molecule has 2 N–H and O–H groups in total. The van der Waals surface area contributed by atoms with Gasteiger partial charge in [-0.3, -0.25) is 14.5 Å². The topological polar surface area (TPSA) is 121 Å². The zero-order valence-electron chi connectivity index (χ0n) is 16.8. The van der Waals surface area contributed by atoms with E-state index in [4.69, 9.17) is 9.47 Å². The maximum Gasteiger partial charge on any atom is 0.325 e. The maximum absolute atomic E-state index is 13.1. The summed E-state index contributed by atoms with van der Waals surface area (Å²) in [5.74, 6) is 0.0321. The number of nitrogens with one attached hydrogen (secondary N) is 2. The van der Waals surface area contributed by atoms with Crippen LogP contribution in [0.1, 0.15) is 44.6 Å². The molecule has 1 atom stereocenters. The number of amides is 4. The molecule has 2 fully saturated rings. The number of carbonyl (C=O) groups excluding carboxylic acids is 3. The number of nitrogens with zero attached hydrogens (tertiary/aromatic N) is 2. The van der Waals surface area contributed by atoms with E-state index in [2.05, 4.69) is 16.7 Å². The molecule has 1 aromatic rings. The molecule has 9 heteroatoms. The van der Waals surface area contributed by atoms with Crippen molar-refractivity contribution in [1.82, 2.24) is 15.5 Å². The molecule has 1 saturated carbocycles. The van der Waals surface area contributed by atoms with E-state index in [1.54, 1.807) is 25.1 Å². The Hall–Kier alpha value is -3.28. The fourth-order valence-electron chi connectivity index (χ4n) is 4.26. The molecule has 30 heavy (non-hydrogen) atoms. The molecular formula is C21H24N4O5. The van der Waals surface area contributed by atoms with E-state index < -0.39 is 35.5 Å². The van der Waals surface area contributed by atoms with Gasteiger partial charge in [-0.15, -0.1) is 0 Å². The lowest BCUT2D eigenvalue weighted by Crippen LogP contribution is -2.52. The largest absolute Gasteiger partial charge is 0.486 e. The van der Waals surface area contributed by atoms with Crippen molar-refractivity contribution in [3.63, 3.8) is 0 Å². The van der Waals surface area contributed by atoms with E-state index in [1.807, 2.05) is 0 Å². The van der Waals surface area contributed by atoms with Gasteiger partial charge in [0.2, 0.25) is 5.91 Å². The second-order valence-electron chi connectivity index (χ2n) is 8.11. The second-order valence-corrected chi connectivity index (χ2v) is 8.11. The number of benzene rings is 1. The molecule has 4 rings (SSSR count). The molecule has 3 aliphatic rings. The van der Waals surface area contributed by atoms with Gasteiger partial charge in [0.15, 0.2) is 11.5 Å². The number of carbonyl (C=O) groups is 3. The van der Waals surface area contributed by atoms with Crippen molar-refractivity contribution in [2.75, 3.05) is 19.8 Å². The van der Waals surface area contributed by atoms with Crippen molar-refractivity contribution in [3.05, 3.63) is 23.8 Å². The van der Waals surface area contributed by atoms with E-state index in [0.29, 0.717) is 43.1 Å². The summed E-state index contributed by atoms with van der Waals surface area (Å²) in [4.78, 5) is 39.1. The zero-order chi connectivity index (χ0) is 21.4. The third kappa shape index (κ3) is 3.43. The van der Waals surface area contributed by atoms with Gasteiger partial charge in [-0.2, -0.15) is 5.26 Å². The molecule has 1 saturated heterocycles. The van der Waals surface area contributed by atoms with Crippen LogP contribution in [-0.4, -0.2) is 48.0 Å². The van der Waals surface area contributed by atoms with Crippen LogP contribution in [-0.2, 0) is 15.1 Å². The highest BCUT2D eigenvalue weighted by Gasteiger charge is 2.50. The predicted molar refractivity (Wildman–Crippen MR) is 105 cm³/mol. The standard InChI is InChI=1S/C21H24N4O5/c1-20(14-5-6-15-16(11-14)30-10-9-29-15)18(27)25(19(28)24-20)12-17(26)23-21(13-22)7-3-2-4-8-21/h5-6,11H,2-4,7-10,12H2,1H3,(H,23,26)(H,24,28)/t20-/m1/s1. The van der Waals surface area contributed by atoms with Crippen LogP contribution in [0.4, 0.5) is 4.79 Å². The first-order valence-electron chi connectivity index (χ1n) is 10.1. The van der Waals surface area contributed by atoms with E-state index in [0.717, 1.165) is 24.2 Å². The normalized spacial score (nSPS) is 24.7. The highest BCUT2D eigenvalue weighted by Crippen LogP contribution is 2.37. The van der Waals surface area contributed by atoms with Crippen LogP contribution >= 0.6 is 0 Å². The van der Waals surface area contributed by atoms with E-state index in [-0.39, 0.29) is 0 Å². The van der Waals surface area contributed by atoms with Crippen LogP contribution in [0.5, 0.6) is 11.5 Å². The summed E-state index contributed by atoms with van der Waals surface area (Å²) in [5.41, 5.74) is -1.72. The molecule has 2 aliphatic heterocycles. The molecule has 0 unspecified atom stereocenters. The predicted octanol–water partition coefficient (Wildman–Crippen LogP) is 1.57. The van der Waals surface area contributed by atoms with Crippen LogP contribution in [0.25, 0.3) is 0 Å². The number of imide groups is 1. The monoisotopic (exact) mass is 412 g/mol. The first kappa shape index (κ1) is 20.0. The van der Waals surface area contributed by atoms with Gasteiger partial charge in [-0.1, -0.05) is 25.3 Å². The first-order valence-corrected chi connectivity index (χ1v) is 10.1. The van der Waals surface area contributed by atoms with Gasteiger partial charge in [-0.05, 0) is 37.5 Å². The molecule has 4 amide bonds. The number of urea groups is 1. The Kier molecular flexibility index (Phi) is 5.02. The molecule has 0 radical (unpaired) electrons. The van der Waals surface area contributed by atoms with Crippen LogP contribution in [0.2, 0.25) is 0 Å². The Labute approximate surface area is 174 Å². The third-order valence-corrected chi connectivity index (χ3v) is 6.00. The van der Waals surface area contributed by atoms with Crippen molar-refractivity contribution >= 4 is 17.8 Å². The molecule has 0 spiro atoms. The van der Waals surface area contributed by atoms with Gasteiger partial charge in [0.1, 0.15) is 30.8 Å². The third-order valence-electron chi connectivity index (χ3n) is 6.00. The Bertz CT molecular complexity index is 934. The van der Waals surface area contributed by atoms with E-state index in [1.165, 1.54) is 0 Å². The Morgan fingerprint density at radius 1 is 1.20 bits per heavy atom. The van der Waals surface area contributed by atoms with Gasteiger partial charge in [-0.25, -0.2) is 4.79 Å². The molecule has 0 bridgehead atoms. The zero-order valence-corrected chi connectivity index (χ0v) is 16.8. The van der Waals surface area contributed by atoms with Crippen molar-refractivity contribution in [2.45, 2.75) is 50.1 Å². The Balaban J connectivity index is 1.50. The molecule has 9 nitrogen and oxygen atoms in total. The van der Waals surface area contributed by atoms with Crippen LogP contribution in [0, 0.1) is 11.3 Å². The molecule has 1 aliphatic carbocycles. The van der Waals surface area contributed by atoms with Crippen molar-refractivity contribution in [1.29, 1.82) is 5.26 Å². The first-order chi connectivity index (χ1) is 14.4. The number of hydrogen-bond acceptors (Lipinski definition) is 6. The molecule has 0 aromatic heterocycles.